The van der Waals surface area contributed by atoms with Gasteiger partial charge in [0.25, 0.3) is 0 Å². The zero-order chi connectivity index (χ0) is 11.3. The van der Waals surface area contributed by atoms with E-state index in [0.29, 0.717) is 0 Å². The lowest BCUT2D eigenvalue weighted by molar-refractivity contribution is -0.145. The van der Waals surface area contributed by atoms with E-state index in [2.05, 4.69) is 12.2 Å². The summed E-state index contributed by atoms with van der Waals surface area (Å²) < 4.78 is 5.08. The van der Waals surface area contributed by atoms with Crippen LogP contribution in [0.3, 0.4) is 0 Å². The van der Waals surface area contributed by atoms with Crippen molar-refractivity contribution in [1.82, 2.24) is 0 Å². The number of rotatable bonds is 4. The van der Waals surface area contributed by atoms with Gasteiger partial charge in [0.05, 0.1) is 0 Å². The molecule has 0 aromatic heterocycles. The average Bonchev–Trinajstić information content (AvgIpc) is 2.18. The monoisotopic (exact) mass is 207 g/mol. The highest BCUT2D eigenvalue weighted by Crippen LogP contribution is 2.19. The van der Waals surface area contributed by atoms with E-state index in [-0.39, 0.29) is 12.1 Å². The summed E-state index contributed by atoms with van der Waals surface area (Å²) in [6.45, 7) is 6.24. The van der Waals surface area contributed by atoms with Gasteiger partial charge in [0.15, 0.2) is 0 Å². The van der Waals surface area contributed by atoms with Crippen LogP contribution in [-0.2, 0) is 9.53 Å². The Morgan fingerprint density at radius 2 is 2.00 bits per heavy atom. The molecule has 1 rings (SSSR count). The standard InChI is InChI=1S/C12H17NO2/c1-4-13-12-7-5-11(6-8-12)9(2)15-10(3)14/h5-9,13H,4H2,1-3H3. The highest BCUT2D eigenvalue weighted by Gasteiger charge is 2.07. The van der Waals surface area contributed by atoms with Gasteiger partial charge < -0.3 is 10.1 Å². The molecule has 0 saturated heterocycles. The maximum Gasteiger partial charge on any atom is 0.303 e. The van der Waals surface area contributed by atoms with Crippen LogP contribution < -0.4 is 5.32 Å². The van der Waals surface area contributed by atoms with Gasteiger partial charge >= 0.3 is 5.97 Å². The van der Waals surface area contributed by atoms with Gasteiger partial charge in [0, 0.05) is 19.2 Å². The van der Waals surface area contributed by atoms with Crippen LogP contribution >= 0.6 is 0 Å². The number of hydrogen-bond donors (Lipinski definition) is 1. The molecule has 82 valence electrons. The van der Waals surface area contributed by atoms with Gasteiger partial charge in [-0.15, -0.1) is 0 Å². The van der Waals surface area contributed by atoms with Crippen molar-refractivity contribution in [2.45, 2.75) is 26.9 Å². The Kier molecular flexibility index (Phi) is 4.16. The maximum absolute atomic E-state index is 10.8. The van der Waals surface area contributed by atoms with Gasteiger partial charge in [-0.05, 0) is 31.5 Å². The SMILES string of the molecule is CCNc1ccc(C(C)OC(C)=O)cc1. The fourth-order valence-electron chi connectivity index (χ4n) is 1.39. The molecule has 0 amide bonds. The summed E-state index contributed by atoms with van der Waals surface area (Å²) in [6, 6.07) is 7.90. The van der Waals surface area contributed by atoms with Crippen LogP contribution in [0.2, 0.25) is 0 Å². The number of carbonyl (C=O) groups is 1. The number of ether oxygens (including phenoxy) is 1. The lowest BCUT2D eigenvalue weighted by atomic mass is 10.1. The Labute approximate surface area is 90.4 Å². The van der Waals surface area contributed by atoms with E-state index in [1.54, 1.807) is 0 Å². The Morgan fingerprint density at radius 1 is 1.40 bits per heavy atom. The van der Waals surface area contributed by atoms with E-state index in [9.17, 15) is 4.79 Å². The fraction of sp³-hybridized carbons (Fsp3) is 0.417. The summed E-state index contributed by atoms with van der Waals surface area (Å²) in [7, 11) is 0. The minimum Gasteiger partial charge on any atom is -0.458 e. The lowest BCUT2D eigenvalue weighted by Crippen LogP contribution is -2.05. The molecule has 0 aliphatic rings. The molecule has 3 nitrogen and oxygen atoms in total. The smallest absolute Gasteiger partial charge is 0.303 e. The average molecular weight is 207 g/mol. The first-order valence-corrected chi connectivity index (χ1v) is 5.14. The molecule has 1 aromatic carbocycles. The predicted molar refractivity (Wildman–Crippen MR) is 60.8 cm³/mol. The molecule has 1 N–H and O–H groups in total. The lowest BCUT2D eigenvalue weighted by Gasteiger charge is -2.12. The number of anilines is 1. The molecular formula is C12H17NO2. The normalized spacial score (nSPS) is 11.9. The highest BCUT2D eigenvalue weighted by molar-refractivity contribution is 5.66. The number of benzene rings is 1. The van der Waals surface area contributed by atoms with Crippen molar-refractivity contribution in [2.75, 3.05) is 11.9 Å². The quantitative estimate of drug-likeness (QED) is 0.771. The minimum absolute atomic E-state index is 0.182. The molecule has 0 saturated carbocycles. The predicted octanol–water partition coefficient (Wildman–Crippen LogP) is 2.74. The largest absolute Gasteiger partial charge is 0.458 e. The maximum atomic E-state index is 10.8. The summed E-state index contributed by atoms with van der Waals surface area (Å²) in [5.41, 5.74) is 2.09. The second-order valence-electron chi connectivity index (χ2n) is 3.40. The van der Waals surface area contributed by atoms with Crippen molar-refractivity contribution in [3.63, 3.8) is 0 Å². The van der Waals surface area contributed by atoms with Crippen LogP contribution in [-0.4, -0.2) is 12.5 Å². The van der Waals surface area contributed by atoms with Crippen LogP contribution in [0.4, 0.5) is 5.69 Å². The van der Waals surface area contributed by atoms with Crippen molar-refractivity contribution >= 4 is 11.7 Å². The first-order valence-electron chi connectivity index (χ1n) is 5.14. The van der Waals surface area contributed by atoms with E-state index < -0.39 is 0 Å². The Hall–Kier alpha value is -1.51. The van der Waals surface area contributed by atoms with Crippen LogP contribution in [0, 0.1) is 0 Å². The summed E-state index contributed by atoms with van der Waals surface area (Å²) in [5, 5.41) is 3.21. The molecule has 1 unspecified atom stereocenters. The Morgan fingerprint density at radius 3 is 2.47 bits per heavy atom. The van der Waals surface area contributed by atoms with Crippen molar-refractivity contribution < 1.29 is 9.53 Å². The van der Waals surface area contributed by atoms with E-state index in [4.69, 9.17) is 4.74 Å². The van der Waals surface area contributed by atoms with Gasteiger partial charge in [0.1, 0.15) is 6.10 Å². The molecule has 0 heterocycles. The number of nitrogens with one attached hydrogen (secondary N) is 1. The van der Waals surface area contributed by atoms with Gasteiger partial charge in [-0.2, -0.15) is 0 Å². The fourth-order valence-corrected chi connectivity index (χ4v) is 1.39. The second kappa shape index (κ2) is 5.39. The van der Waals surface area contributed by atoms with Crippen molar-refractivity contribution in [2.24, 2.45) is 0 Å². The van der Waals surface area contributed by atoms with Crippen molar-refractivity contribution in [3.05, 3.63) is 29.8 Å². The molecule has 0 bridgehead atoms. The third-order valence-corrected chi connectivity index (χ3v) is 2.10. The molecule has 15 heavy (non-hydrogen) atoms. The van der Waals surface area contributed by atoms with Gasteiger partial charge in [-0.25, -0.2) is 0 Å². The molecular weight excluding hydrogens is 190 g/mol. The molecule has 1 aromatic rings. The van der Waals surface area contributed by atoms with Crippen molar-refractivity contribution in [3.8, 4) is 0 Å². The van der Waals surface area contributed by atoms with Gasteiger partial charge in [0.2, 0.25) is 0 Å². The summed E-state index contributed by atoms with van der Waals surface area (Å²) >= 11 is 0. The van der Waals surface area contributed by atoms with E-state index in [0.717, 1.165) is 17.8 Å². The van der Waals surface area contributed by atoms with Gasteiger partial charge in [-0.1, -0.05) is 12.1 Å². The molecule has 0 fully saturated rings. The minimum atomic E-state index is -0.252. The topological polar surface area (TPSA) is 38.3 Å². The number of esters is 1. The molecule has 0 aliphatic heterocycles. The third kappa shape index (κ3) is 3.62. The first kappa shape index (κ1) is 11.6. The van der Waals surface area contributed by atoms with Crippen LogP contribution in [0.15, 0.2) is 24.3 Å². The van der Waals surface area contributed by atoms with Crippen LogP contribution in [0.25, 0.3) is 0 Å². The number of hydrogen-bond acceptors (Lipinski definition) is 3. The Balaban J connectivity index is 2.66. The molecule has 0 spiro atoms. The zero-order valence-corrected chi connectivity index (χ0v) is 9.41. The summed E-state index contributed by atoms with van der Waals surface area (Å²) in [4.78, 5) is 10.8. The molecule has 3 heteroatoms. The number of carbonyl (C=O) groups excluding carboxylic acids is 1. The van der Waals surface area contributed by atoms with Gasteiger partial charge in [-0.3, -0.25) is 4.79 Å². The molecule has 0 aliphatic carbocycles. The molecule has 0 radical (unpaired) electrons. The highest BCUT2D eigenvalue weighted by atomic mass is 16.5. The summed E-state index contributed by atoms with van der Waals surface area (Å²) in [5.74, 6) is -0.252. The zero-order valence-electron chi connectivity index (χ0n) is 9.41. The Bertz CT molecular complexity index is 319. The van der Waals surface area contributed by atoms with E-state index >= 15 is 0 Å². The van der Waals surface area contributed by atoms with Crippen LogP contribution in [0.5, 0.6) is 0 Å². The first-order chi connectivity index (χ1) is 7.13. The van der Waals surface area contributed by atoms with E-state index in [1.807, 2.05) is 31.2 Å². The second-order valence-corrected chi connectivity index (χ2v) is 3.40. The third-order valence-electron chi connectivity index (χ3n) is 2.10. The van der Waals surface area contributed by atoms with Crippen LogP contribution in [0.1, 0.15) is 32.4 Å². The van der Waals surface area contributed by atoms with E-state index in [1.165, 1.54) is 6.92 Å². The van der Waals surface area contributed by atoms with Crippen molar-refractivity contribution in [1.29, 1.82) is 0 Å². The molecule has 1 atom stereocenters. The summed E-state index contributed by atoms with van der Waals surface area (Å²) in [6.07, 6.45) is -0.182.